The lowest BCUT2D eigenvalue weighted by Gasteiger charge is -2.73. The van der Waals surface area contributed by atoms with Crippen LogP contribution in [0.2, 0.25) is 0 Å². The molecule has 230 valence electrons. The van der Waals surface area contributed by atoms with E-state index in [0.29, 0.717) is 19.3 Å². The van der Waals surface area contributed by atoms with Crippen LogP contribution in [0.4, 0.5) is 0 Å². The number of ether oxygens (including phenoxy) is 2. The molecule has 0 saturated heterocycles. The van der Waals surface area contributed by atoms with Crippen molar-refractivity contribution in [3.63, 3.8) is 0 Å². The van der Waals surface area contributed by atoms with Crippen molar-refractivity contribution in [3.8, 4) is 0 Å². The fourth-order valence-electron chi connectivity index (χ4n) is 11.9. The van der Waals surface area contributed by atoms with Gasteiger partial charge >= 0.3 is 17.9 Å². The quantitative estimate of drug-likeness (QED) is 0.301. The van der Waals surface area contributed by atoms with Crippen molar-refractivity contribution < 1.29 is 34.1 Å². The van der Waals surface area contributed by atoms with Gasteiger partial charge in [-0.15, -0.1) is 0 Å². The molecule has 11 unspecified atom stereocenters. The Hall–Kier alpha value is -1.89. The predicted molar refractivity (Wildman–Crippen MR) is 155 cm³/mol. The van der Waals surface area contributed by atoms with E-state index >= 15 is 0 Å². The van der Waals surface area contributed by atoms with Crippen molar-refractivity contribution in [2.75, 3.05) is 0 Å². The number of carboxylic acids is 1. The molecule has 5 aliphatic rings. The third-order valence-electron chi connectivity index (χ3n) is 14.0. The summed E-state index contributed by atoms with van der Waals surface area (Å²) < 4.78 is 12.1. The second-order valence-electron chi connectivity index (χ2n) is 16.0. The first-order chi connectivity index (χ1) is 18.8. The largest absolute Gasteiger partial charge is 0.481 e. The molecule has 0 spiro atoms. The number of rotatable bonds is 3. The van der Waals surface area contributed by atoms with Crippen LogP contribution in [0, 0.1) is 50.7 Å². The molecule has 4 fully saturated rings. The van der Waals surface area contributed by atoms with Crippen LogP contribution in [0.25, 0.3) is 0 Å². The van der Waals surface area contributed by atoms with Crippen LogP contribution < -0.4 is 0 Å². The van der Waals surface area contributed by atoms with E-state index in [1.165, 1.54) is 13.8 Å². The van der Waals surface area contributed by atoms with Crippen LogP contribution in [0.15, 0.2) is 11.6 Å². The summed E-state index contributed by atoms with van der Waals surface area (Å²) in [5.74, 6) is -2.14. The van der Waals surface area contributed by atoms with Gasteiger partial charge in [-0.25, -0.2) is 0 Å². The second-order valence-corrected chi connectivity index (χ2v) is 16.0. The minimum atomic E-state index is -1.21. The van der Waals surface area contributed by atoms with Crippen molar-refractivity contribution in [1.29, 1.82) is 0 Å². The standard InChI is InChI=1S/C34H52O7/c1-19-22(28(37)38)12-14-30(6)16-17-32(8)25(34(19,30)39)11-10-24-31(7)15-13-26(41-21(3)36)29(4,5)27(31)23(40-20(2)35)18-33(24,32)9/h11,19,22-24,26-27,39H,10,12-18H2,1-9H3,(H,37,38). The summed E-state index contributed by atoms with van der Waals surface area (Å²) in [6.45, 7) is 18.4. The summed E-state index contributed by atoms with van der Waals surface area (Å²) in [5, 5.41) is 22.9. The molecule has 2 N–H and O–H groups in total. The zero-order valence-electron chi connectivity index (χ0n) is 26.6. The van der Waals surface area contributed by atoms with Crippen molar-refractivity contribution in [3.05, 3.63) is 11.6 Å². The summed E-state index contributed by atoms with van der Waals surface area (Å²) >= 11 is 0. The van der Waals surface area contributed by atoms with Gasteiger partial charge in [-0.1, -0.05) is 54.5 Å². The molecule has 5 aliphatic carbocycles. The predicted octanol–water partition coefficient (Wildman–Crippen LogP) is 6.32. The molecule has 0 aliphatic heterocycles. The molecule has 41 heavy (non-hydrogen) atoms. The molecule has 7 nitrogen and oxygen atoms in total. The fraction of sp³-hybridized carbons (Fsp3) is 0.853. The second kappa shape index (κ2) is 9.30. The van der Waals surface area contributed by atoms with Gasteiger partial charge in [0.2, 0.25) is 0 Å². The van der Waals surface area contributed by atoms with E-state index in [1.54, 1.807) is 0 Å². The number of aliphatic carboxylic acids is 1. The molecule has 0 aromatic heterocycles. The number of fused-ring (bicyclic) bond motifs is 7. The van der Waals surface area contributed by atoms with Gasteiger partial charge in [0.1, 0.15) is 12.2 Å². The van der Waals surface area contributed by atoms with E-state index in [9.17, 15) is 24.6 Å². The zero-order valence-corrected chi connectivity index (χ0v) is 26.6. The van der Waals surface area contributed by atoms with Crippen LogP contribution >= 0.6 is 0 Å². The molecule has 4 saturated carbocycles. The normalized spacial score (nSPS) is 50.1. The van der Waals surface area contributed by atoms with Crippen LogP contribution in [0.1, 0.15) is 114 Å². The fourth-order valence-corrected chi connectivity index (χ4v) is 11.9. The highest BCUT2D eigenvalue weighted by Crippen LogP contribution is 2.76. The van der Waals surface area contributed by atoms with Crippen molar-refractivity contribution in [2.45, 2.75) is 131 Å². The molecule has 0 amide bonds. The van der Waals surface area contributed by atoms with Crippen molar-refractivity contribution in [1.82, 2.24) is 0 Å². The van der Waals surface area contributed by atoms with Crippen molar-refractivity contribution in [2.24, 2.45) is 50.7 Å². The molecule has 11 atom stereocenters. The van der Waals surface area contributed by atoms with Crippen LogP contribution in [-0.4, -0.2) is 45.9 Å². The van der Waals surface area contributed by atoms with Crippen LogP contribution in [0.5, 0.6) is 0 Å². The number of hydrogen-bond donors (Lipinski definition) is 2. The third kappa shape index (κ3) is 3.88. The molecular formula is C34H52O7. The number of hydrogen-bond acceptors (Lipinski definition) is 6. The summed E-state index contributed by atoms with van der Waals surface area (Å²) in [6, 6.07) is 0. The summed E-state index contributed by atoms with van der Waals surface area (Å²) in [6.07, 6.45) is 7.76. The van der Waals surface area contributed by atoms with E-state index in [2.05, 4.69) is 47.6 Å². The first-order valence-electron chi connectivity index (χ1n) is 15.8. The zero-order chi connectivity index (χ0) is 30.6. The Morgan fingerprint density at radius 3 is 2.12 bits per heavy atom. The number of carboxylic acid groups (broad SMARTS) is 1. The smallest absolute Gasteiger partial charge is 0.306 e. The van der Waals surface area contributed by atoms with Crippen molar-refractivity contribution >= 4 is 17.9 Å². The highest BCUT2D eigenvalue weighted by molar-refractivity contribution is 5.71. The van der Waals surface area contributed by atoms with Gasteiger partial charge in [0, 0.05) is 36.5 Å². The molecular weight excluding hydrogens is 520 g/mol. The maximum absolute atomic E-state index is 12.8. The van der Waals surface area contributed by atoms with E-state index in [-0.39, 0.29) is 57.6 Å². The van der Waals surface area contributed by atoms with Gasteiger partial charge in [-0.2, -0.15) is 0 Å². The van der Waals surface area contributed by atoms with E-state index in [4.69, 9.17) is 9.47 Å². The van der Waals surface area contributed by atoms with E-state index in [1.807, 2.05) is 6.92 Å². The average Bonchev–Trinajstić information content (AvgIpc) is 2.83. The Balaban J connectivity index is 1.65. The van der Waals surface area contributed by atoms with E-state index in [0.717, 1.165) is 37.7 Å². The van der Waals surface area contributed by atoms with Gasteiger partial charge in [-0.3, -0.25) is 14.4 Å². The molecule has 0 bridgehead atoms. The Kier molecular flexibility index (Phi) is 6.94. The lowest BCUT2D eigenvalue weighted by molar-refractivity contribution is -0.260. The van der Waals surface area contributed by atoms with Gasteiger partial charge in [0.15, 0.2) is 0 Å². The maximum Gasteiger partial charge on any atom is 0.306 e. The first-order valence-corrected chi connectivity index (χ1v) is 15.8. The lowest BCUT2D eigenvalue weighted by atomic mass is 9.32. The number of carbonyl (C=O) groups excluding carboxylic acids is 2. The van der Waals surface area contributed by atoms with Crippen LogP contribution in [0.3, 0.4) is 0 Å². The molecule has 7 heteroatoms. The highest BCUT2D eigenvalue weighted by Gasteiger charge is 2.74. The number of carbonyl (C=O) groups is 3. The Morgan fingerprint density at radius 2 is 1.54 bits per heavy atom. The molecule has 5 rings (SSSR count). The third-order valence-corrected chi connectivity index (χ3v) is 14.0. The van der Waals surface area contributed by atoms with E-state index < -0.39 is 28.8 Å². The summed E-state index contributed by atoms with van der Waals surface area (Å²) in [4.78, 5) is 37.0. The molecule has 0 aromatic carbocycles. The lowest BCUT2D eigenvalue weighted by Crippen LogP contribution is -2.71. The van der Waals surface area contributed by atoms with Gasteiger partial charge < -0.3 is 19.7 Å². The first kappa shape index (κ1) is 30.6. The number of esters is 2. The highest BCUT2D eigenvalue weighted by atomic mass is 16.6. The minimum Gasteiger partial charge on any atom is -0.481 e. The molecule has 0 radical (unpaired) electrons. The van der Waals surface area contributed by atoms with Gasteiger partial charge in [0.25, 0.3) is 0 Å². The Labute approximate surface area is 245 Å². The summed E-state index contributed by atoms with van der Waals surface area (Å²) in [7, 11) is 0. The number of aliphatic hydroxyl groups is 1. The Bertz CT molecular complexity index is 1170. The molecule has 0 heterocycles. The Morgan fingerprint density at radius 1 is 0.902 bits per heavy atom. The maximum atomic E-state index is 12.8. The number of allylic oxidation sites excluding steroid dienone is 1. The van der Waals surface area contributed by atoms with Crippen LogP contribution in [-0.2, 0) is 23.9 Å². The van der Waals surface area contributed by atoms with Gasteiger partial charge in [-0.05, 0) is 79.1 Å². The SMILES string of the molecule is CC(=O)OC1CC2(C)C(CC=C3C2(C)CCC2(C)CCC(C(=O)O)C(C)C32O)C2(C)CCC(OC(C)=O)C(C)(C)C12. The van der Waals surface area contributed by atoms with Gasteiger partial charge in [0.05, 0.1) is 11.5 Å². The molecule has 0 aromatic rings. The topological polar surface area (TPSA) is 110 Å². The summed E-state index contributed by atoms with van der Waals surface area (Å²) in [5.41, 5.74) is -1.84. The monoisotopic (exact) mass is 572 g/mol. The minimum absolute atomic E-state index is 0.00411. The average molecular weight is 573 g/mol.